The number of aliphatic hydroxyl groups is 1. The van der Waals surface area contributed by atoms with Gasteiger partial charge in [0.2, 0.25) is 6.29 Å². The molecule has 0 spiro atoms. The average Bonchev–Trinajstić information content (AvgIpc) is 3.36. The predicted molar refractivity (Wildman–Crippen MR) is 99.1 cm³/mol. The summed E-state index contributed by atoms with van der Waals surface area (Å²) in [6, 6.07) is 17.4. The Kier molecular flexibility index (Phi) is 5.20. The third-order valence-corrected chi connectivity index (χ3v) is 4.56. The molecule has 6 heteroatoms. The van der Waals surface area contributed by atoms with E-state index in [2.05, 4.69) is 4.98 Å². The van der Waals surface area contributed by atoms with Gasteiger partial charge in [-0.15, -0.1) is 0 Å². The number of aromatic nitrogens is 2. The topological polar surface area (TPSA) is 65.7 Å². The average molecular weight is 366 g/mol. The van der Waals surface area contributed by atoms with E-state index in [1.165, 1.54) is 0 Å². The van der Waals surface area contributed by atoms with E-state index in [1.807, 2.05) is 66.2 Å². The Labute approximate surface area is 158 Å². The van der Waals surface area contributed by atoms with E-state index in [-0.39, 0.29) is 0 Å². The molecule has 1 unspecified atom stereocenters. The predicted octanol–water partition coefficient (Wildman–Crippen LogP) is 3.13. The molecule has 0 aliphatic carbocycles. The lowest BCUT2D eigenvalue weighted by atomic mass is 10.0. The van der Waals surface area contributed by atoms with E-state index in [4.69, 9.17) is 14.2 Å². The van der Waals surface area contributed by atoms with Gasteiger partial charge in [-0.2, -0.15) is 0 Å². The fourth-order valence-electron chi connectivity index (χ4n) is 3.12. The van der Waals surface area contributed by atoms with Gasteiger partial charge in [0.05, 0.1) is 25.2 Å². The minimum Gasteiger partial charge on any atom is -0.489 e. The van der Waals surface area contributed by atoms with Crippen LogP contribution in [0.3, 0.4) is 0 Å². The van der Waals surface area contributed by atoms with Crippen LogP contribution in [0.5, 0.6) is 5.75 Å². The minimum atomic E-state index is -0.864. The monoisotopic (exact) mass is 366 g/mol. The van der Waals surface area contributed by atoms with E-state index < -0.39 is 12.4 Å². The van der Waals surface area contributed by atoms with Crippen LogP contribution in [0.2, 0.25) is 0 Å². The molecule has 6 nitrogen and oxygen atoms in total. The molecule has 1 aliphatic rings. The summed E-state index contributed by atoms with van der Waals surface area (Å²) in [6.07, 6.45) is 0.309. The van der Waals surface area contributed by atoms with Crippen molar-refractivity contribution >= 4 is 0 Å². The first-order valence-electron chi connectivity index (χ1n) is 8.91. The second-order valence-corrected chi connectivity index (χ2v) is 6.45. The first-order valence-corrected chi connectivity index (χ1v) is 8.91. The maximum Gasteiger partial charge on any atom is 0.201 e. The van der Waals surface area contributed by atoms with Crippen LogP contribution >= 0.6 is 0 Å². The molecule has 0 bridgehead atoms. The second kappa shape index (κ2) is 7.92. The van der Waals surface area contributed by atoms with Crippen LogP contribution in [0, 0.1) is 0 Å². The van der Waals surface area contributed by atoms with Crippen LogP contribution in [0.1, 0.15) is 34.9 Å². The Morgan fingerprint density at radius 1 is 1.11 bits per heavy atom. The van der Waals surface area contributed by atoms with Crippen molar-refractivity contribution in [2.24, 2.45) is 7.05 Å². The molecule has 1 fully saturated rings. The molecule has 140 valence electrons. The summed E-state index contributed by atoms with van der Waals surface area (Å²) in [5.74, 6) is 0.749. The van der Waals surface area contributed by atoms with E-state index in [1.54, 1.807) is 6.33 Å². The van der Waals surface area contributed by atoms with Crippen LogP contribution in [-0.4, -0.2) is 27.9 Å². The zero-order valence-electron chi connectivity index (χ0n) is 15.1. The van der Waals surface area contributed by atoms with Crippen molar-refractivity contribution in [3.05, 3.63) is 83.4 Å². The molecule has 3 aromatic rings. The van der Waals surface area contributed by atoms with E-state index in [9.17, 15) is 5.11 Å². The van der Waals surface area contributed by atoms with Gasteiger partial charge in [0.25, 0.3) is 0 Å². The second-order valence-electron chi connectivity index (χ2n) is 6.45. The summed E-state index contributed by atoms with van der Waals surface area (Å²) < 4.78 is 18.8. The molecule has 1 aliphatic heterocycles. The molecule has 0 saturated carbocycles. The summed E-state index contributed by atoms with van der Waals surface area (Å²) in [5.41, 5.74) is 3.13. The van der Waals surface area contributed by atoms with Gasteiger partial charge >= 0.3 is 0 Å². The van der Waals surface area contributed by atoms with Crippen LogP contribution in [-0.2, 0) is 23.1 Å². The first kappa shape index (κ1) is 17.7. The zero-order valence-corrected chi connectivity index (χ0v) is 15.1. The molecule has 1 saturated heterocycles. The molecule has 4 rings (SSSR count). The molecule has 1 atom stereocenters. The number of ether oxygens (including phenoxy) is 3. The lowest BCUT2D eigenvalue weighted by Gasteiger charge is -2.16. The minimum absolute atomic E-state index is 0.490. The van der Waals surface area contributed by atoms with Gasteiger partial charge in [0.1, 0.15) is 24.2 Å². The number of hydrogen-bond acceptors (Lipinski definition) is 5. The lowest BCUT2D eigenvalue weighted by molar-refractivity contribution is -0.0508. The smallest absolute Gasteiger partial charge is 0.201 e. The van der Waals surface area contributed by atoms with Crippen molar-refractivity contribution in [2.75, 3.05) is 13.2 Å². The van der Waals surface area contributed by atoms with Crippen molar-refractivity contribution < 1.29 is 19.3 Å². The normalized spacial score (nSPS) is 15.8. The van der Waals surface area contributed by atoms with Gasteiger partial charge in [0, 0.05) is 7.05 Å². The van der Waals surface area contributed by atoms with Crippen LogP contribution < -0.4 is 4.74 Å². The fraction of sp³-hybridized carbons (Fsp3) is 0.286. The lowest BCUT2D eigenvalue weighted by Crippen LogP contribution is -2.11. The Morgan fingerprint density at radius 3 is 2.52 bits per heavy atom. The van der Waals surface area contributed by atoms with Crippen LogP contribution in [0.4, 0.5) is 0 Å². The molecular formula is C21H22N2O4. The number of imidazole rings is 1. The molecule has 2 heterocycles. The van der Waals surface area contributed by atoms with Crippen molar-refractivity contribution in [3.8, 4) is 5.75 Å². The van der Waals surface area contributed by atoms with E-state index >= 15 is 0 Å². The fourth-order valence-corrected chi connectivity index (χ4v) is 3.12. The molecule has 0 radical (unpaired) electrons. The van der Waals surface area contributed by atoms with Crippen LogP contribution in [0.25, 0.3) is 0 Å². The van der Waals surface area contributed by atoms with Gasteiger partial charge in [-0.1, -0.05) is 42.5 Å². The summed E-state index contributed by atoms with van der Waals surface area (Å²) in [6.45, 7) is 1.58. The third-order valence-electron chi connectivity index (χ3n) is 4.56. The van der Waals surface area contributed by atoms with Crippen molar-refractivity contribution in [1.82, 2.24) is 9.55 Å². The van der Waals surface area contributed by atoms with E-state index in [0.29, 0.717) is 25.5 Å². The van der Waals surface area contributed by atoms with Gasteiger partial charge in [-0.25, -0.2) is 4.98 Å². The van der Waals surface area contributed by atoms with Crippen molar-refractivity contribution in [1.29, 1.82) is 0 Å². The third kappa shape index (κ3) is 3.88. The summed E-state index contributed by atoms with van der Waals surface area (Å²) >= 11 is 0. The SMILES string of the molecule is Cn1cnc(C(O)c2ccc(OCc3ccccc3)cc2)c1C1OCCO1. The highest BCUT2D eigenvalue weighted by molar-refractivity contribution is 5.34. The molecule has 2 aromatic carbocycles. The highest BCUT2D eigenvalue weighted by Crippen LogP contribution is 2.32. The molecule has 27 heavy (non-hydrogen) atoms. The Hall–Kier alpha value is -2.67. The standard InChI is InChI=1S/C21H22N2O4/c1-23-14-22-18(19(23)21-25-11-12-26-21)20(24)16-7-9-17(10-8-16)27-13-15-5-3-2-4-6-15/h2-10,14,20-21,24H,11-13H2,1H3. The van der Waals surface area contributed by atoms with Gasteiger partial charge in [0.15, 0.2) is 0 Å². The van der Waals surface area contributed by atoms with Gasteiger partial charge in [-0.3, -0.25) is 0 Å². The highest BCUT2D eigenvalue weighted by Gasteiger charge is 2.29. The van der Waals surface area contributed by atoms with Crippen molar-refractivity contribution in [2.45, 2.75) is 19.0 Å². The number of nitrogens with zero attached hydrogens (tertiary/aromatic N) is 2. The Balaban J connectivity index is 1.47. The number of aryl methyl sites for hydroxylation is 1. The number of aliphatic hydroxyl groups excluding tert-OH is 1. The maximum absolute atomic E-state index is 10.8. The largest absolute Gasteiger partial charge is 0.489 e. The maximum atomic E-state index is 10.8. The quantitative estimate of drug-likeness (QED) is 0.726. The Morgan fingerprint density at radius 2 is 1.81 bits per heavy atom. The zero-order chi connectivity index (χ0) is 18.6. The van der Waals surface area contributed by atoms with Gasteiger partial charge < -0.3 is 23.9 Å². The first-order chi connectivity index (χ1) is 13.2. The molecular weight excluding hydrogens is 344 g/mol. The summed E-state index contributed by atoms with van der Waals surface area (Å²) in [7, 11) is 1.87. The number of benzene rings is 2. The summed E-state index contributed by atoms with van der Waals surface area (Å²) in [5, 5.41) is 10.8. The Bertz CT molecular complexity index is 871. The van der Waals surface area contributed by atoms with Gasteiger partial charge in [-0.05, 0) is 23.3 Å². The highest BCUT2D eigenvalue weighted by atomic mass is 16.7. The van der Waals surface area contributed by atoms with Crippen molar-refractivity contribution in [3.63, 3.8) is 0 Å². The van der Waals surface area contributed by atoms with Crippen LogP contribution in [0.15, 0.2) is 60.9 Å². The molecule has 1 N–H and O–H groups in total. The van der Waals surface area contributed by atoms with E-state index in [0.717, 1.165) is 22.6 Å². The number of rotatable bonds is 6. The molecule has 1 aromatic heterocycles. The number of hydrogen-bond donors (Lipinski definition) is 1. The molecule has 0 amide bonds. The summed E-state index contributed by atoms with van der Waals surface area (Å²) in [4.78, 5) is 4.36.